The first-order valence-electron chi connectivity index (χ1n) is 7.00. The summed E-state index contributed by atoms with van der Waals surface area (Å²) in [6.07, 6.45) is 0. The Morgan fingerprint density at radius 3 is 2.64 bits per heavy atom. The third-order valence-electron chi connectivity index (χ3n) is 3.45. The number of benzene rings is 2. The van der Waals surface area contributed by atoms with Crippen LogP contribution in [0.2, 0.25) is 5.02 Å². The molecule has 0 fully saturated rings. The van der Waals surface area contributed by atoms with E-state index in [2.05, 4.69) is 4.98 Å². The van der Waals surface area contributed by atoms with E-state index in [1.54, 1.807) is 34.9 Å². The fraction of sp³-hybridized carbons (Fsp3) is 0.176. The molecule has 22 heavy (non-hydrogen) atoms. The minimum absolute atomic E-state index is 0.0391. The number of fused-ring (bicyclic) bond motifs is 1. The number of ether oxygens (including phenoxy) is 1. The van der Waals surface area contributed by atoms with Crippen LogP contribution in [-0.2, 0) is 6.54 Å². The maximum atomic E-state index is 12.5. The van der Waals surface area contributed by atoms with Gasteiger partial charge in [-0.1, -0.05) is 23.7 Å². The maximum Gasteiger partial charge on any atom is 0.261 e. The van der Waals surface area contributed by atoms with Crippen molar-refractivity contribution in [2.24, 2.45) is 0 Å². The van der Waals surface area contributed by atoms with Crippen LogP contribution < -0.4 is 10.3 Å². The maximum absolute atomic E-state index is 12.5. The van der Waals surface area contributed by atoms with Gasteiger partial charge in [-0.3, -0.25) is 9.36 Å². The van der Waals surface area contributed by atoms with E-state index in [-0.39, 0.29) is 5.56 Å². The molecule has 0 N–H and O–H groups in total. The summed E-state index contributed by atoms with van der Waals surface area (Å²) in [6.45, 7) is 2.67. The highest BCUT2D eigenvalue weighted by molar-refractivity contribution is 6.30. The van der Waals surface area contributed by atoms with E-state index in [9.17, 15) is 4.79 Å². The zero-order valence-corrected chi connectivity index (χ0v) is 12.9. The zero-order valence-electron chi connectivity index (χ0n) is 12.1. The third-order valence-corrected chi connectivity index (χ3v) is 3.70. The largest absolute Gasteiger partial charge is 0.492 e. The lowest BCUT2D eigenvalue weighted by Gasteiger charge is -2.11. The van der Waals surface area contributed by atoms with Gasteiger partial charge in [0, 0.05) is 5.02 Å². The predicted molar refractivity (Wildman–Crippen MR) is 87.7 cm³/mol. The van der Waals surface area contributed by atoms with Crippen LogP contribution in [0.4, 0.5) is 0 Å². The molecular weight excluding hydrogens is 300 g/mol. The molecule has 0 atom stereocenters. The number of nitrogens with zero attached hydrogens (tertiary/aromatic N) is 2. The van der Waals surface area contributed by atoms with Gasteiger partial charge in [0.1, 0.15) is 18.2 Å². The Bertz CT molecular complexity index is 857. The number of halogens is 1. The molecule has 0 amide bonds. The number of rotatable bonds is 4. The fourth-order valence-electron chi connectivity index (χ4n) is 2.33. The van der Waals surface area contributed by atoms with E-state index in [1.165, 1.54) is 0 Å². The standard InChI is InChI=1S/C17H15ClN2O2/c1-12-19-16-5-3-2-4-15(16)17(21)20(12)10-11-22-14-8-6-13(18)7-9-14/h2-9H,10-11H2,1H3. The predicted octanol–water partition coefficient (Wildman–Crippen LogP) is 3.44. The van der Waals surface area contributed by atoms with Crippen LogP contribution in [0, 0.1) is 6.92 Å². The Morgan fingerprint density at radius 1 is 1.14 bits per heavy atom. The van der Waals surface area contributed by atoms with Crippen LogP contribution in [0.25, 0.3) is 10.9 Å². The van der Waals surface area contributed by atoms with Crippen molar-refractivity contribution in [2.45, 2.75) is 13.5 Å². The van der Waals surface area contributed by atoms with E-state index in [0.29, 0.717) is 29.4 Å². The van der Waals surface area contributed by atoms with E-state index in [4.69, 9.17) is 16.3 Å². The van der Waals surface area contributed by atoms with Crippen LogP contribution >= 0.6 is 11.6 Å². The molecule has 0 aliphatic carbocycles. The van der Waals surface area contributed by atoms with Gasteiger partial charge in [-0.25, -0.2) is 4.98 Å². The Morgan fingerprint density at radius 2 is 1.86 bits per heavy atom. The molecule has 0 spiro atoms. The van der Waals surface area contributed by atoms with Gasteiger partial charge in [0.2, 0.25) is 0 Å². The number of hydrogen-bond acceptors (Lipinski definition) is 3. The molecule has 0 saturated heterocycles. The molecule has 1 heterocycles. The molecule has 3 aromatic rings. The molecule has 1 aromatic heterocycles. The summed E-state index contributed by atoms with van der Waals surface area (Å²) in [5.41, 5.74) is 0.683. The quantitative estimate of drug-likeness (QED) is 0.741. The lowest BCUT2D eigenvalue weighted by Crippen LogP contribution is -2.26. The summed E-state index contributed by atoms with van der Waals surface area (Å²) >= 11 is 5.83. The summed E-state index contributed by atoms with van der Waals surface area (Å²) in [7, 11) is 0. The van der Waals surface area contributed by atoms with E-state index >= 15 is 0 Å². The van der Waals surface area contributed by atoms with Gasteiger partial charge in [0.15, 0.2) is 0 Å². The summed E-state index contributed by atoms with van der Waals surface area (Å²) < 4.78 is 7.28. The van der Waals surface area contributed by atoms with Crippen molar-refractivity contribution in [1.82, 2.24) is 9.55 Å². The van der Waals surface area contributed by atoms with E-state index in [0.717, 1.165) is 11.3 Å². The average Bonchev–Trinajstić information content (AvgIpc) is 2.52. The van der Waals surface area contributed by atoms with Gasteiger partial charge in [0.05, 0.1) is 17.4 Å². The topological polar surface area (TPSA) is 44.1 Å². The molecule has 0 aliphatic heterocycles. The van der Waals surface area contributed by atoms with Crippen molar-refractivity contribution < 1.29 is 4.74 Å². The van der Waals surface area contributed by atoms with Crippen molar-refractivity contribution in [3.05, 3.63) is 69.7 Å². The first-order valence-corrected chi connectivity index (χ1v) is 7.37. The Kier molecular flexibility index (Phi) is 4.11. The molecule has 4 nitrogen and oxygen atoms in total. The Hall–Kier alpha value is -2.33. The van der Waals surface area contributed by atoms with Gasteiger partial charge in [-0.15, -0.1) is 0 Å². The zero-order chi connectivity index (χ0) is 15.5. The van der Waals surface area contributed by atoms with Crippen molar-refractivity contribution in [1.29, 1.82) is 0 Å². The molecule has 0 radical (unpaired) electrons. The number of aromatic nitrogens is 2. The van der Waals surface area contributed by atoms with Gasteiger partial charge in [-0.05, 0) is 43.3 Å². The van der Waals surface area contributed by atoms with Gasteiger partial charge in [0.25, 0.3) is 5.56 Å². The third kappa shape index (κ3) is 2.97. The van der Waals surface area contributed by atoms with Crippen LogP contribution in [0.1, 0.15) is 5.82 Å². The lowest BCUT2D eigenvalue weighted by atomic mass is 10.2. The second kappa shape index (κ2) is 6.20. The van der Waals surface area contributed by atoms with E-state index < -0.39 is 0 Å². The fourth-order valence-corrected chi connectivity index (χ4v) is 2.45. The van der Waals surface area contributed by atoms with Crippen LogP contribution in [0.5, 0.6) is 5.75 Å². The first-order chi connectivity index (χ1) is 10.6. The van der Waals surface area contributed by atoms with Gasteiger partial charge < -0.3 is 4.74 Å². The normalized spacial score (nSPS) is 10.8. The highest BCUT2D eigenvalue weighted by atomic mass is 35.5. The van der Waals surface area contributed by atoms with Gasteiger partial charge >= 0.3 is 0 Å². The number of para-hydroxylation sites is 1. The smallest absolute Gasteiger partial charge is 0.261 e. The highest BCUT2D eigenvalue weighted by Crippen LogP contribution is 2.15. The molecule has 112 valence electrons. The molecule has 0 bridgehead atoms. The van der Waals surface area contributed by atoms with E-state index in [1.807, 2.05) is 25.1 Å². The summed E-state index contributed by atoms with van der Waals surface area (Å²) in [5.74, 6) is 1.41. The van der Waals surface area contributed by atoms with Crippen molar-refractivity contribution in [2.75, 3.05) is 6.61 Å². The molecule has 3 rings (SSSR count). The second-order valence-corrected chi connectivity index (χ2v) is 5.37. The average molecular weight is 315 g/mol. The number of aryl methyl sites for hydroxylation is 1. The SMILES string of the molecule is Cc1nc2ccccc2c(=O)n1CCOc1ccc(Cl)cc1. The van der Waals surface area contributed by atoms with Gasteiger partial charge in [-0.2, -0.15) is 0 Å². The van der Waals surface area contributed by atoms with Crippen LogP contribution in [0.3, 0.4) is 0 Å². The molecule has 0 unspecified atom stereocenters. The monoisotopic (exact) mass is 314 g/mol. The minimum Gasteiger partial charge on any atom is -0.492 e. The van der Waals surface area contributed by atoms with Crippen molar-refractivity contribution >= 4 is 22.5 Å². The first kappa shape index (κ1) is 14.6. The Balaban J connectivity index is 1.79. The Labute approximate surface area is 132 Å². The molecule has 5 heteroatoms. The molecule has 0 aliphatic rings. The summed E-state index contributed by atoms with van der Waals surface area (Å²) in [6, 6.07) is 14.5. The van der Waals surface area contributed by atoms with Crippen LogP contribution in [0.15, 0.2) is 53.3 Å². The van der Waals surface area contributed by atoms with Crippen molar-refractivity contribution in [3.8, 4) is 5.75 Å². The lowest BCUT2D eigenvalue weighted by molar-refractivity contribution is 0.294. The minimum atomic E-state index is -0.0391. The highest BCUT2D eigenvalue weighted by Gasteiger charge is 2.07. The molecule has 2 aromatic carbocycles. The second-order valence-electron chi connectivity index (χ2n) is 4.94. The number of hydrogen-bond donors (Lipinski definition) is 0. The van der Waals surface area contributed by atoms with Crippen molar-refractivity contribution in [3.63, 3.8) is 0 Å². The molecular formula is C17H15ClN2O2. The summed E-state index contributed by atoms with van der Waals surface area (Å²) in [5, 5.41) is 1.29. The summed E-state index contributed by atoms with van der Waals surface area (Å²) in [4.78, 5) is 16.9. The van der Waals surface area contributed by atoms with Crippen LogP contribution in [-0.4, -0.2) is 16.2 Å². The molecule has 0 saturated carbocycles.